The second-order valence-corrected chi connectivity index (χ2v) is 3.84. The van der Waals surface area contributed by atoms with E-state index in [-0.39, 0.29) is 11.5 Å². The van der Waals surface area contributed by atoms with Crippen LogP contribution < -0.4 is 10.5 Å². The Labute approximate surface area is 83.9 Å². The molecule has 1 aromatic carbocycles. The molecule has 0 spiro atoms. The predicted octanol–water partition coefficient (Wildman–Crippen LogP) is 1.81. The average Bonchev–Trinajstić information content (AvgIpc) is 2.02. The van der Waals surface area contributed by atoms with Gasteiger partial charge in [-0.05, 0) is 31.5 Å². The molecule has 3 heteroatoms. The molecular formula is C11H15NO2. The molecule has 2 N–H and O–H groups in total. The van der Waals surface area contributed by atoms with Crippen LogP contribution in [0.25, 0.3) is 0 Å². The Bertz CT molecular complexity index is 322. The first kappa shape index (κ1) is 10.7. The number of carbonyl (C=O) groups is 1. The number of hydrogen-bond acceptors (Lipinski definition) is 3. The van der Waals surface area contributed by atoms with Gasteiger partial charge in [-0.15, -0.1) is 0 Å². The summed E-state index contributed by atoms with van der Waals surface area (Å²) in [6.45, 7) is 5.22. The standard InChI is InChI=1S/C11H15NO2/c1-8(13)14-10-6-4-9(5-7-10)11(2,3)12/h4-7H,12H2,1-3H3. The van der Waals surface area contributed by atoms with Crippen LogP contribution in [0.5, 0.6) is 5.75 Å². The first-order valence-corrected chi connectivity index (χ1v) is 4.47. The van der Waals surface area contributed by atoms with E-state index in [2.05, 4.69) is 0 Å². The fraction of sp³-hybridized carbons (Fsp3) is 0.364. The Morgan fingerprint density at radius 2 is 1.79 bits per heavy atom. The van der Waals surface area contributed by atoms with Crippen molar-refractivity contribution in [3.05, 3.63) is 29.8 Å². The van der Waals surface area contributed by atoms with Gasteiger partial charge >= 0.3 is 5.97 Å². The van der Waals surface area contributed by atoms with E-state index < -0.39 is 0 Å². The zero-order valence-electron chi connectivity index (χ0n) is 8.70. The second kappa shape index (κ2) is 3.80. The normalized spacial score (nSPS) is 11.1. The van der Waals surface area contributed by atoms with Crippen molar-refractivity contribution in [2.24, 2.45) is 5.73 Å². The van der Waals surface area contributed by atoms with E-state index in [1.54, 1.807) is 12.1 Å². The molecule has 0 aliphatic carbocycles. The molecule has 0 saturated heterocycles. The van der Waals surface area contributed by atoms with E-state index in [0.717, 1.165) is 5.56 Å². The number of hydrogen-bond donors (Lipinski definition) is 1. The first-order chi connectivity index (χ1) is 6.39. The van der Waals surface area contributed by atoms with Crippen molar-refractivity contribution >= 4 is 5.97 Å². The molecule has 0 heterocycles. The van der Waals surface area contributed by atoms with Crippen LogP contribution in [0.3, 0.4) is 0 Å². The third-order valence-corrected chi connectivity index (χ3v) is 1.86. The number of esters is 1. The highest BCUT2D eigenvalue weighted by Crippen LogP contribution is 2.20. The van der Waals surface area contributed by atoms with Gasteiger partial charge in [0.1, 0.15) is 5.75 Å². The van der Waals surface area contributed by atoms with Gasteiger partial charge in [-0.25, -0.2) is 0 Å². The Kier molecular flexibility index (Phi) is 2.91. The molecule has 0 fully saturated rings. The van der Waals surface area contributed by atoms with Crippen LogP contribution in [0.1, 0.15) is 26.3 Å². The zero-order chi connectivity index (χ0) is 10.8. The molecule has 76 valence electrons. The first-order valence-electron chi connectivity index (χ1n) is 4.47. The van der Waals surface area contributed by atoms with E-state index in [1.807, 2.05) is 26.0 Å². The van der Waals surface area contributed by atoms with Crippen molar-refractivity contribution in [1.82, 2.24) is 0 Å². The lowest BCUT2D eigenvalue weighted by atomic mass is 9.96. The number of ether oxygens (including phenoxy) is 1. The molecule has 1 rings (SSSR count). The third-order valence-electron chi connectivity index (χ3n) is 1.86. The predicted molar refractivity (Wildman–Crippen MR) is 55.0 cm³/mol. The summed E-state index contributed by atoms with van der Waals surface area (Å²) in [5.74, 6) is 0.232. The largest absolute Gasteiger partial charge is 0.427 e. The smallest absolute Gasteiger partial charge is 0.308 e. The van der Waals surface area contributed by atoms with Gasteiger partial charge in [0.2, 0.25) is 0 Å². The minimum Gasteiger partial charge on any atom is -0.427 e. The number of carbonyl (C=O) groups excluding carboxylic acids is 1. The maximum atomic E-state index is 10.6. The lowest BCUT2D eigenvalue weighted by Crippen LogP contribution is -2.28. The van der Waals surface area contributed by atoms with Crippen LogP contribution >= 0.6 is 0 Å². The molecule has 1 aromatic rings. The summed E-state index contributed by atoms with van der Waals surface area (Å²) in [7, 11) is 0. The van der Waals surface area contributed by atoms with Gasteiger partial charge < -0.3 is 10.5 Å². The topological polar surface area (TPSA) is 52.3 Å². The molecule has 14 heavy (non-hydrogen) atoms. The molecule has 3 nitrogen and oxygen atoms in total. The highest BCUT2D eigenvalue weighted by molar-refractivity contribution is 5.69. The second-order valence-electron chi connectivity index (χ2n) is 3.84. The van der Waals surface area contributed by atoms with E-state index >= 15 is 0 Å². The average molecular weight is 193 g/mol. The lowest BCUT2D eigenvalue weighted by Gasteiger charge is -2.19. The Hall–Kier alpha value is -1.35. The highest BCUT2D eigenvalue weighted by atomic mass is 16.5. The van der Waals surface area contributed by atoms with Crippen molar-refractivity contribution in [3.8, 4) is 5.75 Å². The molecular weight excluding hydrogens is 178 g/mol. The summed E-state index contributed by atoms with van der Waals surface area (Å²) in [6, 6.07) is 7.20. The highest BCUT2D eigenvalue weighted by Gasteiger charge is 2.13. The van der Waals surface area contributed by atoms with Gasteiger partial charge in [-0.1, -0.05) is 12.1 Å². The molecule has 0 aliphatic heterocycles. The Morgan fingerprint density at radius 1 is 1.29 bits per heavy atom. The van der Waals surface area contributed by atoms with Gasteiger partial charge in [0.15, 0.2) is 0 Å². The van der Waals surface area contributed by atoms with Crippen molar-refractivity contribution in [2.75, 3.05) is 0 Å². The molecule has 0 aliphatic rings. The molecule has 0 aromatic heterocycles. The summed E-state index contributed by atoms with van der Waals surface area (Å²) < 4.78 is 4.90. The summed E-state index contributed by atoms with van der Waals surface area (Å²) >= 11 is 0. The van der Waals surface area contributed by atoms with Crippen LogP contribution in [-0.2, 0) is 10.3 Å². The van der Waals surface area contributed by atoms with Crippen LogP contribution in [-0.4, -0.2) is 5.97 Å². The van der Waals surface area contributed by atoms with Crippen molar-refractivity contribution in [2.45, 2.75) is 26.3 Å². The maximum absolute atomic E-state index is 10.6. The fourth-order valence-electron chi connectivity index (χ4n) is 1.12. The van der Waals surface area contributed by atoms with Gasteiger partial charge in [0.25, 0.3) is 0 Å². The Balaban J connectivity index is 2.84. The number of benzene rings is 1. The molecule has 0 atom stereocenters. The van der Waals surface area contributed by atoms with E-state index in [0.29, 0.717) is 5.75 Å². The molecule has 0 saturated carbocycles. The minimum absolute atomic E-state index is 0.315. The van der Waals surface area contributed by atoms with E-state index in [4.69, 9.17) is 10.5 Å². The van der Waals surface area contributed by atoms with E-state index in [9.17, 15) is 4.79 Å². The minimum atomic E-state index is -0.366. The quantitative estimate of drug-likeness (QED) is 0.575. The fourth-order valence-corrected chi connectivity index (χ4v) is 1.12. The summed E-state index contributed by atoms with van der Waals surface area (Å²) in [4.78, 5) is 10.6. The molecule has 0 radical (unpaired) electrons. The summed E-state index contributed by atoms with van der Waals surface area (Å²) in [5.41, 5.74) is 6.54. The van der Waals surface area contributed by atoms with E-state index in [1.165, 1.54) is 6.92 Å². The maximum Gasteiger partial charge on any atom is 0.308 e. The third kappa shape index (κ3) is 2.85. The molecule has 0 amide bonds. The van der Waals surface area contributed by atoms with Crippen molar-refractivity contribution in [3.63, 3.8) is 0 Å². The van der Waals surface area contributed by atoms with Crippen LogP contribution in [0.2, 0.25) is 0 Å². The monoisotopic (exact) mass is 193 g/mol. The van der Waals surface area contributed by atoms with Crippen molar-refractivity contribution in [1.29, 1.82) is 0 Å². The number of rotatable bonds is 2. The Morgan fingerprint density at radius 3 is 2.14 bits per heavy atom. The van der Waals surface area contributed by atoms with Crippen LogP contribution in [0, 0.1) is 0 Å². The number of nitrogens with two attached hydrogens (primary N) is 1. The SMILES string of the molecule is CC(=O)Oc1ccc(C(C)(C)N)cc1. The van der Waals surface area contributed by atoms with Gasteiger partial charge in [-0.2, -0.15) is 0 Å². The van der Waals surface area contributed by atoms with Crippen LogP contribution in [0.15, 0.2) is 24.3 Å². The lowest BCUT2D eigenvalue weighted by molar-refractivity contribution is -0.131. The van der Waals surface area contributed by atoms with Gasteiger partial charge in [-0.3, -0.25) is 4.79 Å². The van der Waals surface area contributed by atoms with Gasteiger partial charge in [0, 0.05) is 12.5 Å². The summed E-state index contributed by atoms with van der Waals surface area (Å²) in [5, 5.41) is 0. The zero-order valence-corrected chi connectivity index (χ0v) is 8.70. The summed E-state index contributed by atoms with van der Waals surface area (Å²) in [6.07, 6.45) is 0. The van der Waals surface area contributed by atoms with Gasteiger partial charge in [0.05, 0.1) is 0 Å². The molecule has 0 unspecified atom stereocenters. The van der Waals surface area contributed by atoms with Crippen molar-refractivity contribution < 1.29 is 9.53 Å². The van der Waals surface area contributed by atoms with Crippen LogP contribution in [0.4, 0.5) is 0 Å². The molecule has 0 bridgehead atoms.